The predicted octanol–water partition coefficient (Wildman–Crippen LogP) is 1.88. The fraction of sp³-hybridized carbons (Fsp3) is 0.933. The summed E-state index contributed by atoms with van der Waals surface area (Å²) >= 11 is 0. The van der Waals surface area contributed by atoms with Crippen LogP contribution in [-0.4, -0.2) is 75.8 Å². The average Bonchev–Trinajstić information content (AvgIpc) is 3.26. The number of likely N-dealkylation sites (N-methyl/N-ethyl adjacent to an activating group) is 2. The molecule has 0 aromatic rings. The normalized spacial score (nSPS) is 15.0. The summed E-state index contributed by atoms with van der Waals surface area (Å²) in [7, 11) is 4.20. The molecule has 0 atom stereocenters. The fourth-order valence-corrected chi connectivity index (χ4v) is 1.80. The number of ether oxygens (including phenoxy) is 1. The minimum absolute atomic E-state index is 0. The summed E-state index contributed by atoms with van der Waals surface area (Å²) in [6.07, 6.45) is 2.70. The van der Waals surface area contributed by atoms with Gasteiger partial charge in [-0.05, 0) is 39.3 Å². The van der Waals surface area contributed by atoms with Gasteiger partial charge in [-0.25, -0.2) is 0 Å². The van der Waals surface area contributed by atoms with Crippen molar-refractivity contribution in [3.63, 3.8) is 0 Å². The van der Waals surface area contributed by atoms with E-state index >= 15 is 0 Å². The molecule has 0 saturated heterocycles. The van der Waals surface area contributed by atoms with Crippen molar-refractivity contribution in [2.45, 2.75) is 26.7 Å². The molecule has 1 aliphatic carbocycles. The van der Waals surface area contributed by atoms with Crippen molar-refractivity contribution < 1.29 is 4.74 Å². The van der Waals surface area contributed by atoms with Crippen molar-refractivity contribution in [2.24, 2.45) is 10.9 Å². The van der Waals surface area contributed by atoms with Gasteiger partial charge in [0.1, 0.15) is 0 Å². The lowest BCUT2D eigenvalue weighted by Gasteiger charge is -2.22. The van der Waals surface area contributed by atoms with Gasteiger partial charge in [0.2, 0.25) is 0 Å². The number of nitrogens with one attached hydrogen (secondary N) is 1. The Balaban J connectivity index is 0.00000400. The van der Waals surface area contributed by atoms with E-state index in [-0.39, 0.29) is 24.0 Å². The van der Waals surface area contributed by atoms with E-state index in [9.17, 15) is 0 Å². The predicted molar refractivity (Wildman–Crippen MR) is 101 cm³/mol. The molecule has 0 aliphatic heterocycles. The van der Waals surface area contributed by atoms with Crippen LogP contribution in [0.4, 0.5) is 0 Å². The first-order chi connectivity index (χ1) is 9.67. The Bertz CT molecular complexity index is 285. The van der Waals surface area contributed by atoms with Crippen LogP contribution in [0.15, 0.2) is 4.99 Å². The number of rotatable bonds is 10. The third-order valence-corrected chi connectivity index (χ3v) is 3.60. The second-order valence-electron chi connectivity index (χ2n) is 5.57. The van der Waals surface area contributed by atoms with E-state index in [2.05, 4.69) is 48.1 Å². The topological polar surface area (TPSA) is 40.1 Å². The highest BCUT2D eigenvalue weighted by Gasteiger charge is 2.21. The summed E-state index contributed by atoms with van der Waals surface area (Å²) in [5, 5.41) is 3.34. The van der Waals surface area contributed by atoms with Crippen molar-refractivity contribution >= 4 is 29.9 Å². The first kappa shape index (κ1) is 20.9. The van der Waals surface area contributed by atoms with E-state index < -0.39 is 0 Å². The van der Waals surface area contributed by atoms with Crippen LogP contribution < -0.4 is 5.32 Å². The van der Waals surface area contributed by atoms with Crippen molar-refractivity contribution in [3.8, 4) is 0 Å². The van der Waals surface area contributed by atoms with Crippen LogP contribution in [0.2, 0.25) is 0 Å². The summed E-state index contributed by atoms with van der Waals surface area (Å²) in [5.41, 5.74) is 0. The van der Waals surface area contributed by atoms with Crippen molar-refractivity contribution in [1.82, 2.24) is 15.1 Å². The highest BCUT2D eigenvalue weighted by molar-refractivity contribution is 14.0. The molecule has 0 bridgehead atoms. The molecule has 1 rings (SSSR count). The lowest BCUT2D eigenvalue weighted by molar-refractivity contribution is 0.115. The summed E-state index contributed by atoms with van der Waals surface area (Å²) in [6, 6.07) is 0. The Morgan fingerprint density at radius 3 is 2.52 bits per heavy atom. The van der Waals surface area contributed by atoms with Gasteiger partial charge in [-0.1, -0.05) is 6.92 Å². The van der Waals surface area contributed by atoms with Crippen LogP contribution in [0.25, 0.3) is 0 Å². The molecule has 21 heavy (non-hydrogen) atoms. The second-order valence-corrected chi connectivity index (χ2v) is 5.57. The molecular formula is C15H33IN4O. The van der Waals surface area contributed by atoms with Gasteiger partial charge in [0.15, 0.2) is 5.96 Å². The fourth-order valence-electron chi connectivity index (χ4n) is 1.80. The Morgan fingerprint density at radius 1 is 1.24 bits per heavy atom. The summed E-state index contributed by atoms with van der Waals surface area (Å²) in [5.74, 6) is 1.82. The van der Waals surface area contributed by atoms with Gasteiger partial charge in [0.25, 0.3) is 0 Å². The molecule has 0 heterocycles. The van der Waals surface area contributed by atoms with E-state index in [0.29, 0.717) is 0 Å². The number of nitrogens with zero attached hydrogens (tertiary/aromatic N) is 3. The zero-order chi connectivity index (χ0) is 14.8. The summed E-state index contributed by atoms with van der Waals surface area (Å²) < 4.78 is 5.68. The molecule has 0 amide bonds. The minimum atomic E-state index is 0. The third-order valence-electron chi connectivity index (χ3n) is 3.60. The SMILES string of the molecule is CCNC(=NCCN(C)CC)N(C)CCOCC1CC1.I. The Hall–Kier alpha value is -0.0800. The number of aliphatic imine (C=N–C) groups is 1. The number of hydrogen-bond acceptors (Lipinski definition) is 3. The Kier molecular flexibility index (Phi) is 12.4. The molecule has 1 N–H and O–H groups in total. The van der Waals surface area contributed by atoms with Crippen molar-refractivity contribution in [1.29, 1.82) is 0 Å². The van der Waals surface area contributed by atoms with E-state index in [1.54, 1.807) is 0 Å². The number of halogens is 1. The molecule has 0 radical (unpaired) electrons. The minimum Gasteiger partial charge on any atom is -0.379 e. The molecule has 1 saturated carbocycles. The van der Waals surface area contributed by atoms with Gasteiger partial charge < -0.3 is 19.9 Å². The van der Waals surface area contributed by atoms with E-state index in [4.69, 9.17) is 4.74 Å². The third kappa shape index (κ3) is 10.3. The highest BCUT2D eigenvalue weighted by atomic mass is 127. The van der Waals surface area contributed by atoms with Crippen molar-refractivity contribution in [2.75, 3.05) is 60.0 Å². The van der Waals surface area contributed by atoms with E-state index in [1.165, 1.54) is 12.8 Å². The molecule has 5 nitrogen and oxygen atoms in total. The maximum absolute atomic E-state index is 5.68. The maximum atomic E-state index is 5.68. The van der Waals surface area contributed by atoms with E-state index in [1.807, 2.05) is 0 Å². The lowest BCUT2D eigenvalue weighted by atomic mass is 10.5. The second kappa shape index (κ2) is 12.5. The monoisotopic (exact) mass is 412 g/mol. The smallest absolute Gasteiger partial charge is 0.193 e. The van der Waals surface area contributed by atoms with Crippen LogP contribution in [0.3, 0.4) is 0 Å². The first-order valence-electron chi connectivity index (χ1n) is 7.93. The Morgan fingerprint density at radius 2 is 1.95 bits per heavy atom. The zero-order valence-corrected chi connectivity index (χ0v) is 16.4. The molecule has 0 aromatic carbocycles. The molecule has 0 aromatic heterocycles. The number of hydrogen-bond donors (Lipinski definition) is 1. The molecule has 6 heteroatoms. The van der Waals surface area contributed by atoms with Gasteiger partial charge >= 0.3 is 0 Å². The largest absolute Gasteiger partial charge is 0.379 e. The quantitative estimate of drug-likeness (QED) is 0.258. The van der Waals surface area contributed by atoms with Gasteiger partial charge in [-0.2, -0.15) is 0 Å². The molecule has 0 spiro atoms. The van der Waals surface area contributed by atoms with Crippen LogP contribution in [0.1, 0.15) is 26.7 Å². The molecule has 0 unspecified atom stereocenters. The molecule has 1 fully saturated rings. The van der Waals surface area contributed by atoms with Crippen LogP contribution in [-0.2, 0) is 4.74 Å². The van der Waals surface area contributed by atoms with Crippen molar-refractivity contribution in [3.05, 3.63) is 0 Å². The molecular weight excluding hydrogens is 379 g/mol. The van der Waals surface area contributed by atoms with Gasteiger partial charge in [0.05, 0.1) is 13.2 Å². The van der Waals surface area contributed by atoms with Gasteiger partial charge in [-0.3, -0.25) is 4.99 Å². The summed E-state index contributed by atoms with van der Waals surface area (Å²) in [6.45, 7) is 10.7. The zero-order valence-electron chi connectivity index (χ0n) is 14.1. The standard InChI is InChI=1S/C15H32N4O.HI/c1-5-16-15(17-9-10-18(3)6-2)19(4)11-12-20-13-14-7-8-14;/h14H,5-13H2,1-4H3,(H,16,17);1H. The van der Waals surface area contributed by atoms with Crippen LogP contribution in [0, 0.1) is 5.92 Å². The molecule has 1 aliphatic rings. The average molecular weight is 412 g/mol. The summed E-state index contributed by atoms with van der Waals surface area (Å²) in [4.78, 5) is 9.09. The number of guanidine groups is 1. The highest BCUT2D eigenvalue weighted by Crippen LogP contribution is 2.28. The molecule has 126 valence electrons. The van der Waals surface area contributed by atoms with Gasteiger partial charge in [-0.15, -0.1) is 24.0 Å². The Labute approximate surface area is 147 Å². The van der Waals surface area contributed by atoms with Crippen LogP contribution >= 0.6 is 24.0 Å². The van der Waals surface area contributed by atoms with Crippen LogP contribution in [0.5, 0.6) is 0 Å². The van der Waals surface area contributed by atoms with Gasteiger partial charge in [0, 0.05) is 33.3 Å². The van der Waals surface area contributed by atoms with E-state index in [0.717, 1.165) is 57.8 Å². The lowest BCUT2D eigenvalue weighted by Crippen LogP contribution is -2.41. The maximum Gasteiger partial charge on any atom is 0.193 e. The first-order valence-corrected chi connectivity index (χ1v) is 7.93.